The first-order valence-corrected chi connectivity index (χ1v) is 11.3. The van der Waals surface area contributed by atoms with Crippen LogP contribution in [0.5, 0.6) is 0 Å². The molecular formula is C26H27N5O2. The predicted octanol–water partition coefficient (Wildman–Crippen LogP) is 4.54. The molecule has 33 heavy (non-hydrogen) atoms. The number of H-pyrrole nitrogens is 1. The van der Waals surface area contributed by atoms with Crippen LogP contribution in [0.15, 0.2) is 67.1 Å². The van der Waals surface area contributed by atoms with Crippen molar-refractivity contribution >= 4 is 28.3 Å². The van der Waals surface area contributed by atoms with Crippen molar-refractivity contribution in [1.82, 2.24) is 19.9 Å². The molecule has 0 aliphatic carbocycles. The third kappa shape index (κ3) is 4.73. The molecule has 3 aromatic heterocycles. The molecule has 7 heteroatoms. The molecule has 2 N–H and O–H groups in total. The van der Waals surface area contributed by atoms with Gasteiger partial charge in [-0.2, -0.15) is 0 Å². The first-order chi connectivity index (χ1) is 16.2. The number of hydrogen-bond donors (Lipinski definition) is 2. The molecule has 1 fully saturated rings. The van der Waals surface area contributed by atoms with Gasteiger partial charge in [0.2, 0.25) is 5.91 Å². The molecule has 0 radical (unpaired) electrons. The van der Waals surface area contributed by atoms with Crippen molar-refractivity contribution in [1.29, 1.82) is 0 Å². The Morgan fingerprint density at radius 2 is 2.09 bits per heavy atom. The number of fused-ring (bicyclic) bond motifs is 1. The Labute approximate surface area is 192 Å². The smallest absolute Gasteiger partial charge is 0.223 e. The Hall–Kier alpha value is -3.71. The number of para-hydroxylation sites is 1. The van der Waals surface area contributed by atoms with Crippen molar-refractivity contribution in [3.8, 4) is 0 Å². The van der Waals surface area contributed by atoms with E-state index in [1.165, 1.54) is 10.9 Å². The number of ether oxygens (including phenoxy) is 1. The Kier molecular flexibility index (Phi) is 6.04. The number of aromatic amines is 1. The molecule has 168 valence electrons. The molecule has 4 heterocycles. The third-order valence-corrected chi connectivity index (χ3v) is 6.09. The minimum Gasteiger partial charge on any atom is -0.368 e. The highest BCUT2D eigenvalue weighted by Crippen LogP contribution is 2.24. The van der Waals surface area contributed by atoms with Gasteiger partial charge in [0, 0.05) is 36.3 Å². The summed E-state index contributed by atoms with van der Waals surface area (Å²) in [5.41, 5.74) is 5.04. The largest absolute Gasteiger partial charge is 0.368 e. The van der Waals surface area contributed by atoms with Crippen LogP contribution in [-0.4, -0.2) is 45.5 Å². The van der Waals surface area contributed by atoms with Crippen molar-refractivity contribution in [3.05, 3.63) is 83.9 Å². The number of nitrogens with zero attached hydrogens (tertiary/aromatic N) is 3. The highest BCUT2D eigenvalue weighted by atomic mass is 16.5. The zero-order chi connectivity index (χ0) is 22.6. The van der Waals surface area contributed by atoms with Crippen LogP contribution >= 0.6 is 0 Å². The maximum Gasteiger partial charge on any atom is 0.223 e. The van der Waals surface area contributed by atoms with E-state index >= 15 is 0 Å². The van der Waals surface area contributed by atoms with Gasteiger partial charge < -0.3 is 19.9 Å². The van der Waals surface area contributed by atoms with Gasteiger partial charge in [-0.05, 0) is 48.7 Å². The van der Waals surface area contributed by atoms with Gasteiger partial charge in [0.05, 0.1) is 30.7 Å². The summed E-state index contributed by atoms with van der Waals surface area (Å²) in [7, 11) is 0. The standard InChI is InChI=1S/C26H27N5O2/c1-18-5-4-12-27-26(18)30-20-9-10-23(29-16-20)24-17-31(13-14-33-24)25(32)11-8-19-15-28-22-7-3-2-6-21(19)22/h2-7,9-10,12,15-16,24,28H,8,11,13-14,17H2,1H3,(H,27,30)/t24-/m1/s1. The van der Waals surface area contributed by atoms with Crippen LogP contribution in [0.4, 0.5) is 11.5 Å². The van der Waals surface area contributed by atoms with E-state index in [0.717, 1.165) is 34.7 Å². The minimum atomic E-state index is -0.221. The average molecular weight is 442 g/mol. The van der Waals surface area contributed by atoms with Crippen LogP contribution in [0, 0.1) is 6.92 Å². The molecule has 0 saturated carbocycles. The van der Waals surface area contributed by atoms with Crippen molar-refractivity contribution < 1.29 is 9.53 Å². The monoisotopic (exact) mass is 441 g/mol. The van der Waals surface area contributed by atoms with Crippen LogP contribution in [0.3, 0.4) is 0 Å². The number of nitrogens with one attached hydrogen (secondary N) is 2. The first kappa shape index (κ1) is 21.2. The van der Waals surface area contributed by atoms with Crippen LogP contribution in [0.1, 0.15) is 29.3 Å². The quantitative estimate of drug-likeness (QED) is 0.459. The fourth-order valence-corrected chi connectivity index (χ4v) is 4.22. The number of aromatic nitrogens is 3. The van der Waals surface area contributed by atoms with E-state index in [-0.39, 0.29) is 12.0 Å². The number of amides is 1. The van der Waals surface area contributed by atoms with Gasteiger partial charge in [0.25, 0.3) is 0 Å². The molecule has 1 aliphatic heterocycles. The second-order valence-corrected chi connectivity index (χ2v) is 8.32. The summed E-state index contributed by atoms with van der Waals surface area (Å²) in [5, 5.41) is 4.47. The van der Waals surface area contributed by atoms with Crippen molar-refractivity contribution in [3.63, 3.8) is 0 Å². The van der Waals surface area contributed by atoms with E-state index in [9.17, 15) is 4.79 Å². The zero-order valence-corrected chi connectivity index (χ0v) is 18.6. The van der Waals surface area contributed by atoms with E-state index in [1.54, 1.807) is 12.4 Å². The fourth-order valence-electron chi connectivity index (χ4n) is 4.22. The summed E-state index contributed by atoms with van der Waals surface area (Å²) in [4.78, 5) is 27.0. The molecule has 7 nitrogen and oxygen atoms in total. The normalized spacial score (nSPS) is 16.2. The Balaban J connectivity index is 1.19. The van der Waals surface area contributed by atoms with E-state index in [2.05, 4.69) is 32.4 Å². The number of hydrogen-bond acceptors (Lipinski definition) is 5. The molecule has 1 amide bonds. The average Bonchev–Trinajstić information content (AvgIpc) is 3.28. The number of carbonyl (C=O) groups excluding carboxylic acids is 1. The Morgan fingerprint density at radius 3 is 2.94 bits per heavy atom. The Bertz CT molecular complexity index is 1250. The zero-order valence-electron chi connectivity index (χ0n) is 18.6. The minimum absolute atomic E-state index is 0.150. The van der Waals surface area contributed by atoms with Crippen LogP contribution in [-0.2, 0) is 16.0 Å². The van der Waals surface area contributed by atoms with Crippen LogP contribution in [0.25, 0.3) is 10.9 Å². The lowest BCUT2D eigenvalue weighted by atomic mass is 10.1. The van der Waals surface area contributed by atoms with Crippen LogP contribution in [0.2, 0.25) is 0 Å². The van der Waals surface area contributed by atoms with E-state index in [1.807, 2.05) is 54.4 Å². The van der Waals surface area contributed by atoms with Gasteiger partial charge in [-0.15, -0.1) is 0 Å². The van der Waals surface area contributed by atoms with E-state index in [0.29, 0.717) is 26.1 Å². The second-order valence-electron chi connectivity index (χ2n) is 8.32. The molecule has 0 unspecified atom stereocenters. The van der Waals surface area contributed by atoms with Crippen molar-refractivity contribution in [2.45, 2.75) is 25.9 Å². The van der Waals surface area contributed by atoms with Crippen molar-refractivity contribution in [2.24, 2.45) is 0 Å². The summed E-state index contributed by atoms with van der Waals surface area (Å²) in [6.07, 6.45) is 6.53. The summed E-state index contributed by atoms with van der Waals surface area (Å²) >= 11 is 0. The van der Waals surface area contributed by atoms with Gasteiger partial charge in [-0.25, -0.2) is 4.98 Å². The lowest BCUT2D eigenvalue weighted by molar-refractivity contribution is -0.139. The maximum atomic E-state index is 12.9. The van der Waals surface area contributed by atoms with Gasteiger partial charge >= 0.3 is 0 Å². The number of morpholine rings is 1. The second kappa shape index (κ2) is 9.42. The molecule has 1 aliphatic rings. The highest BCUT2D eigenvalue weighted by Gasteiger charge is 2.26. The molecule has 0 spiro atoms. The number of carbonyl (C=O) groups is 1. The lowest BCUT2D eigenvalue weighted by Gasteiger charge is -2.32. The molecule has 0 bridgehead atoms. The summed E-state index contributed by atoms with van der Waals surface area (Å²) < 4.78 is 5.94. The molecule has 1 atom stereocenters. The van der Waals surface area contributed by atoms with Gasteiger partial charge in [-0.3, -0.25) is 9.78 Å². The summed E-state index contributed by atoms with van der Waals surface area (Å²) in [6, 6.07) is 16.0. The van der Waals surface area contributed by atoms with Gasteiger partial charge in [-0.1, -0.05) is 24.3 Å². The molecular weight excluding hydrogens is 414 g/mol. The topological polar surface area (TPSA) is 83.1 Å². The molecule has 1 aromatic carbocycles. The van der Waals surface area contributed by atoms with Gasteiger partial charge in [0.1, 0.15) is 11.9 Å². The summed E-state index contributed by atoms with van der Waals surface area (Å²) in [6.45, 7) is 3.66. The SMILES string of the molecule is Cc1cccnc1Nc1ccc([C@H]2CN(C(=O)CCc3c[nH]c4ccccc34)CCO2)nc1. The van der Waals surface area contributed by atoms with Crippen LogP contribution < -0.4 is 5.32 Å². The molecule has 5 rings (SSSR count). The highest BCUT2D eigenvalue weighted by molar-refractivity contribution is 5.84. The number of anilines is 2. The first-order valence-electron chi connectivity index (χ1n) is 11.3. The molecule has 1 saturated heterocycles. The number of pyridine rings is 2. The summed E-state index contributed by atoms with van der Waals surface area (Å²) in [5.74, 6) is 0.963. The Morgan fingerprint density at radius 1 is 1.18 bits per heavy atom. The van der Waals surface area contributed by atoms with Crippen molar-refractivity contribution in [2.75, 3.05) is 25.0 Å². The number of benzene rings is 1. The fraction of sp³-hybridized carbons (Fsp3) is 0.269. The maximum absolute atomic E-state index is 12.9. The van der Waals surface area contributed by atoms with E-state index in [4.69, 9.17) is 4.74 Å². The molecule has 4 aromatic rings. The third-order valence-electron chi connectivity index (χ3n) is 6.09. The number of aryl methyl sites for hydroxylation is 2. The lowest BCUT2D eigenvalue weighted by Crippen LogP contribution is -2.42. The predicted molar refractivity (Wildman–Crippen MR) is 128 cm³/mol. The van der Waals surface area contributed by atoms with E-state index < -0.39 is 0 Å². The number of rotatable bonds is 6. The van der Waals surface area contributed by atoms with Gasteiger partial charge in [0.15, 0.2) is 0 Å².